The molecule has 9 rings (SSSR count). The topological polar surface area (TPSA) is 93.9 Å². The Kier molecular flexibility index (Phi) is 8.53. The van der Waals surface area contributed by atoms with Gasteiger partial charge in [-0.25, -0.2) is 24.8 Å². The van der Waals surface area contributed by atoms with Crippen LogP contribution in [0.15, 0.2) is 171 Å². The molecule has 0 fully saturated rings. The Morgan fingerprint density at radius 2 is 1.07 bits per heavy atom. The summed E-state index contributed by atoms with van der Waals surface area (Å²) in [6.45, 7) is 1.91. The van der Waals surface area contributed by atoms with Gasteiger partial charge in [0.15, 0.2) is 0 Å². The summed E-state index contributed by atoms with van der Waals surface area (Å²) < 4.78 is 2.12. The van der Waals surface area contributed by atoms with Crippen LogP contribution in [0.4, 0.5) is 5.69 Å². The zero-order chi connectivity index (χ0) is 37.3. The zero-order valence-electron chi connectivity index (χ0n) is 29.7. The Morgan fingerprint density at radius 1 is 0.545 bits per heavy atom. The van der Waals surface area contributed by atoms with Gasteiger partial charge in [-0.2, -0.15) is 0 Å². The van der Waals surface area contributed by atoms with Gasteiger partial charge in [-0.15, -0.1) is 0 Å². The third-order valence-corrected chi connectivity index (χ3v) is 10.0. The number of imide groups is 1. The van der Waals surface area contributed by atoms with Crippen molar-refractivity contribution < 1.29 is 9.59 Å². The van der Waals surface area contributed by atoms with E-state index in [9.17, 15) is 4.79 Å². The number of hydrogen-bond donors (Lipinski definition) is 0. The summed E-state index contributed by atoms with van der Waals surface area (Å²) in [6.07, 6.45) is 10.8. The molecule has 0 atom stereocenters. The standard InChI is InChI=1S/C47H32N6O2/c1-31-9-8-14-43(46(31)47(55)52(30-54)42-20-17-34(32-10-4-2-5-11-32)21-41(42)33-12-6-3-7-13-33)53-44-22-35(37-24-48-28-49-25-37)15-18-39(44)40-19-16-36(23-45(40)53)38-26-50-29-51-27-38/h2-30H,1H3. The van der Waals surface area contributed by atoms with Gasteiger partial charge >= 0.3 is 0 Å². The molecule has 0 aliphatic heterocycles. The van der Waals surface area contributed by atoms with E-state index in [0.29, 0.717) is 23.3 Å². The van der Waals surface area contributed by atoms with Crippen LogP contribution in [0.1, 0.15) is 15.9 Å². The second-order valence-electron chi connectivity index (χ2n) is 13.3. The lowest BCUT2D eigenvalue weighted by atomic mass is 9.96. The van der Waals surface area contributed by atoms with Crippen LogP contribution in [0.2, 0.25) is 0 Å². The lowest BCUT2D eigenvalue weighted by molar-refractivity contribution is -0.106. The Labute approximate surface area is 317 Å². The maximum Gasteiger partial charge on any atom is 0.267 e. The van der Waals surface area contributed by atoms with Gasteiger partial charge < -0.3 is 4.57 Å². The maximum absolute atomic E-state index is 15.1. The number of carbonyl (C=O) groups is 2. The molecule has 55 heavy (non-hydrogen) atoms. The first-order chi connectivity index (χ1) is 27.1. The van der Waals surface area contributed by atoms with Gasteiger partial charge in [-0.3, -0.25) is 9.59 Å². The predicted octanol–water partition coefficient (Wildman–Crippen LogP) is 10.1. The lowest BCUT2D eigenvalue weighted by Crippen LogP contribution is -2.31. The van der Waals surface area contributed by atoms with Crippen molar-refractivity contribution in [2.45, 2.75) is 6.92 Å². The van der Waals surface area contributed by atoms with E-state index < -0.39 is 5.91 Å². The summed E-state index contributed by atoms with van der Waals surface area (Å²) in [5.74, 6) is -0.442. The smallest absolute Gasteiger partial charge is 0.267 e. The highest BCUT2D eigenvalue weighted by Gasteiger charge is 2.27. The molecule has 0 saturated carbocycles. The van der Waals surface area contributed by atoms with Gasteiger partial charge in [0.25, 0.3) is 5.91 Å². The van der Waals surface area contributed by atoms with Crippen LogP contribution >= 0.6 is 0 Å². The van der Waals surface area contributed by atoms with Crippen molar-refractivity contribution in [1.82, 2.24) is 24.5 Å². The molecule has 9 aromatic rings. The molecule has 0 bridgehead atoms. The van der Waals surface area contributed by atoms with Crippen molar-refractivity contribution in [2.24, 2.45) is 0 Å². The fourth-order valence-corrected chi connectivity index (χ4v) is 7.39. The van der Waals surface area contributed by atoms with Crippen LogP contribution in [0.3, 0.4) is 0 Å². The Hall–Kier alpha value is -7.58. The third-order valence-electron chi connectivity index (χ3n) is 10.0. The van der Waals surface area contributed by atoms with E-state index in [4.69, 9.17) is 0 Å². The monoisotopic (exact) mass is 712 g/mol. The third kappa shape index (κ3) is 6.01. The van der Waals surface area contributed by atoms with Crippen LogP contribution in [-0.2, 0) is 4.79 Å². The molecule has 0 aliphatic carbocycles. The molecular formula is C47H32N6O2. The van der Waals surface area contributed by atoms with Crippen molar-refractivity contribution in [3.05, 3.63) is 182 Å². The molecule has 0 aliphatic rings. The quantitative estimate of drug-likeness (QED) is 0.146. The summed E-state index contributed by atoms with van der Waals surface area (Å²) in [5.41, 5.74) is 11.3. The molecule has 8 nitrogen and oxygen atoms in total. The largest absolute Gasteiger partial charge is 0.308 e. The second-order valence-corrected chi connectivity index (χ2v) is 13.3. The highest BCUT2D eigenvalue weighted by molar-refractivity contribution is 6.20. The van der Waals surface area contributed by atoms with E-state index in [1.165, 1.54) is 17.6 Å². The van der Waals surface area contributed by atoms with Crippen LogP contribution < -0.4 is 4.90 Å². The molecule has 3 aromatic heterocycles. The summed E-state index contributed by atoms with van der Waals surface area (Å²) in [5, 5.41) is 2.00. The number of aryl methyl sites for hydroxylation is 1. The average Bonchev–Trinajstić information content (AvgIpc) is 3.58. The Morgan fingerprint density at radius 3 is 1.64 bits per heavy atom. The molecule has 6 aromatic carbocycles. The predicted molar refractivity (Wildman–Crippen MR) is 218 cm³/mol. The molecular weight excluding hydrogens is 681 g/mol. The Balaban J connectivity index is 1.27. The van der Waals surface area contributed by atoms with Gasteiger partial charge in [-0.05, 0) is 70.6 Å². The van der Waals surface area contributed by atoms with Crippen molar-refractivity contribution in [3.8, 4) is 50.2 Å². The fraction of sp³-hybridized carbons (Fsp3) is 0.0213. The van der Waals surface area contributed by atoms with E-state index in [1.54, 1.807) is 24.8 Å². The minimum atomic E-state index is -0.442. The lowest BCUT2D eigenvalue weighted by Gasteiger charge is -2.23. The number of fused-ring (bicyclic) bond motifs is 3. The fourth-order valence-electron chi connectivity index (χ4n) is 7.39. The summed E-state index contributed by atoms with van der Waals surface area (Å²) in [4.78, 5) is 46.7. The first kappa shape index (κ1) is 33.3. The molecule has 0 saturated heterocycles. The number of benzene rings is 6. The van der Waals surface area contributed by atoms with Gasteiger partial charge in [0.05, 0.1) is 28.0 Å². The second kappa shape index (κ2) is 14.1. The molecule has 0 N–H and O–H groups in total. The van der Waals surface area contributed by atoms with Crippen molar-refractivity contribution in [1.29, 1.82) is 0 Å². The SMILES string of the molecule is Cc1cccc(-n2c3cc(-c4cncnc4)ccc3c3ccc(-c4cncnc4)cc32)c1C(=O)N(C=O)c1ccc(-c2ccccc2)cc1-c1ccccc1. The molecule has 2 amide bonds. The number of hydrogen-bond acceptors (Lipinski definition) is 6. The molecule has 262 valence electrons. The number of amides is 2. The van der Waals surface area contributed by atoms with E-state index >= 15 is 4.79 Å². The molecule has 0 radical (unpaired) electrons. The molecule has 8 heteroatoms. The number of nitrogens with zero attached hydrogens (tertiary/aromatic N) is 6. The number of rotatable bonds is 8. The minimum absolute atomic E-state index is 0.404. The van der Waals surface area contributed by atoms with E-state index in [1.807, 2.05) is 104 Å². The van der Waals surface area contributed by atoms with Gasteiger partial charge in [0.1, 0.15) is 12.7 Å². The van der Waals surface area contributed by atoms with E-state index in [-0.39, 0.29) is 0 Å². The van der Waals surface area contributed by atoms with Crippen molar-refractivity contribution >= 4 is 39.8 Å². The normalized spacial score (nSPS) is 11.1. The van der Waals surface area contributed by atoms with Gasteiger partial charge in [-0.1, -0.05) is 103 Å². The van der Waals surface area contributed by atoms with Crippen LogP contribution in [0, 0.1) is 6.92 Å². The van der Waals surface area contributed by atoms with E-state index in [2.05, 4.69) is 60.9 Å². The summed E-state index contributed by atoms with van der Waals surface area (Å²) in [6, 6.07) is 44.0. The zero-order valence-corrected chi connectivity index (χ0v) is 29.7. The van der Waals surface area contributed by atoms with Crippen LogP contribution in [0.25, 0.3) is 72.0 Å². The van der Waals surface area contributed by atoms with Gasteiger partial charge in [0.2, 0.25) is 6.41 Å². The molecule has 0 unspecified atom stereocenters. The molecule has 3 heterocycles. The summed E-state index contributed by atoms with van der Waals surface area (Å²) in [7, 11) is 0. The first-order valence-corrected chi connectivity index (χ1v) is 17.8. The van der Waals surface area contributed by atoms with Gasteiger partial charge in [0, 0.05) is 52.3 Å². The Bertz CT molecular complexity index is 2760. The van der Waals surface area contributed by atoms with Crippen molar-refractivity contribution in [3.63, 3.8) is 0 Å². The average molecular weight is 713 g/mol. The van der Waals surface area contributed by atoms with Crippen molar-refractivity contribution in [2.75, 3.05) is 4.90 Å². The number of carbonyl (C=O) groups excluding carboxylic acids is 2. The van der Waals surface area contributed by atoms with Crippen LogP contribution in [0.5, 0.6) is 0 Å². The number of anilines is 1. The highest BCUT2D eigenvalue weighted by Crippen LogP contribution is 2.40. The highest BCUT2D eigenvalue weighted by atomic mass is 16.2. The first-order valence-electron chi connectivity index (χ1n) is 17.8. The summed E-state index contributed by atoms with van der Waals surface area (Å²) >= 11 is 0. The number of aromatic nitrogens is 5. The molecule has 0 spiro atoms. The van der Waals surface area contributed by atoms with Crippen LogP contribution in [-0.4, -0.2) is 36.8 Å². The maximum atomic E-state index is 15.1. The minimum Gasteiger partial charge on any atom is -0.308 e. The van der Waals surface area contributed by atoms with E-state index in [0.717, 1.165) is 71.9 Å².